The highest BCUT2D eigenvalue weighted by atomic mass is 16.4. The summed E-state index contributed by atoms with van der Waals surface area (Å²) in [4.78, 5) is 13.9. The quantitative estimate of drug-likeness (QED) is 0.936. The van der Waals surface area contributed by atoms with Gasteiger partial charge >= 0.3 is 5.97 Å². The maximum atomic E-state index is 11.9. The van der Waals surface area contributed by atoms with Crippen molar-refractivity contribution in [3.63, 3.8) is 0 Å². The van der Waals surface area contributed by atoms with Gasteiger partial charge in [-0.3, -0.25) is 4.90 Å². The number of hydrogen-bond acceptors (Lipinski definition) is 2. The van der Waals surface area contributed by atoms with Crippen molar-refractivity contribution in [2.45, 2.75) is 18.4 Å². The number of carbonyl (C=O) groups is 1. The summed E-state index contributed by atoms with van der Waals surface area (Å²) in [5.74, 6) is -0.367. The minimum absolute atomic E-state index is 0.425. The normalized spacial score (nSPS) is 18.7. The third-order valence-corrected chi connectivity index (χ3v) is 4.54. The summed E-state index contributed by atoms with van der Waals surface area (Å²) in [6.07, 6.45) is 0. The molecule has 1 aliphatic rings. The first-order valence-electron chi connectivity index (χ1n) is 7.21. The highest BCUT2D eigenvalue weighted by molar-refractivity contribution is 5.80. The van der Waals surface area contributed by atoms with Crippen LogP contribution < -0.4 is 0 Å². The first-order chi connectivity index (χ1) is 10.1. The van der Waals surface area contributed by atoms with E-state index in [0.29, 0.717) is 5.92 Å². The van der Waals surface area contributed by atoms with Crippen molar-refractivity contribution in [3.8, 4) is 0 Å². The lowest BCUT2D eigenvalue weighted by atomic mass is 9.82. The van der Waals surface area contributed by atoms with Crippen LogP contribution in [0.3, 0.4) is 0 Å². The fourth-order valence-electron chi connectivity index (χ4n) is 2.98. The van der Waals surface area contributed by atoms with E-state index in [9.17, 15) is 9.90 Å². The Labute approximate surface area is 124 Å². The molecular formula is C18H19NO2. The van der Waals surface area contributed by atoms with Gasteiger partial charge in [-0.2, -0.15) is 0 Å². The fourth-order valence-corrected chi connectivity index (χ4v) is 2.98. The number of hydrogen-bond donors (Lipinski definition) is 1. The first-order valence-corrected chi connectivity index (χ1v) is 7.21. The Bertz CT molecular complexity index is 620. The molecule has 0 amide bonds. The van der Waals surface area contributed by atoms with Gasteiger partial charge in [0.1, 0.15) is 5.54 Å². The average Bonchev–Trinajstić information content (AvgIpc) is 2.47. The fraction of sp³-hybridized carbons (Fsp3) is 0.278. The third kappa shape index (κ3) is 2.34. The lowest BCUT2D eigenvalue weighted by molar-refractivity contribution is -0.155. The molecule has 0 saturated carbocycles. The molecule has 2 aromatic carbocycles. The number of carboxylic acids is 1. The van der Waals surface area contributed by atoms with Crippen LogP contribution in [0.1, 0.15) is 24.0 Å². The molecule has 1 unspecified atom stereocenters. The van der Waals surface area contributed by atoms with Crippen LogP contribution in [-0.2, 0) is 10.3 Å². The zero-order valence-corrected chi connectivity index (χ0v) is 12.1. The SMILES string of the molecule is CC(C(=O)O)(c1ccccc1)N1CC(c2ccccc2)C1. The number of benzene rings is 2. The summed E-state index contributed by atoms with van der Waals surface area (Å²) in [6.45, 7) is 3.36. The second-order valence-corrected chi connectivity index (χ2v) is 5.76. The number of likely N-dealkylation sites (tertiary alicyclic amines) is 1. The minimum atomic E-state index is -0.952. The van der Waals surface area contributed by atoms with Gasteiger partial charge < -0.3 is 5.11 Å². The third-order valence-electron chi connectivity index (χ3n) is 4.54. The van der Waals surface area contributed by atoms with Crippen molar-refractivity contribution < 1.29 is 9.90 Å². The smallest absolute Gasteiger partial charge is 0.328 e. The van der Waals surface area contributed by atoms with Crippen molar-refractivity contribution in [1.29, 1.82) is 0 Å². The van der Waals surface area contributed by atoms with Crippen molar-refractivity contribution >= 4 is 5.97 Å². The molecule has 2 aromatic rings. The van der Waals surface area contributed by atoms with Crippen LogP contribution in [0.2, 0.25) is 0 Å². The Balaban J connectivity index is 1.81. The van der Waals surface area contributed by atoms with Gasteiger partial charge in [-0.05, 0) is 18.1 Å². The van der Waals surface area contributed by atoms with Crippen LogP contribution in [0, 0.1) is 0 Å². The van der Waals surface area contributed by atoms with Gasteiger partial charge in [-0.15, -0.1) is 0 Å². The maximum absolute atomic E-state index is 11.9. The summed E-state index contributed by atoms with van der Waals surface area (Å²) in [6, 6.07) is 19.8. The van der Waals surface area contributed by atoms with Crippen molar-refractivity contribution in [2.24, 2.45) is 0 Å². The molecule has 0 spiro atoms. The summed E-state index contributed by atoms with van der Waals surface area (Å²) in [5.41, 5.74) is 1.17. The predicted molar refractivity (Wildman–Crippen MR) is 82.2 cm³/mol. The molecule has 1 heterocycles. The standard InChI is InChI=1S/C18H19NO2/c1-18(17(20)21,16-10-6-3-7-11-16)19-12-15(13-19)14-8-4-2-5-9-14/h2-11,15H,12-13H2,1H3,(H,20,21). The van der Waals surface area contributed by atoms with Crippen LogP contribution in [0.25, 0.3) is 0 Å². The molecule has 1 saturated heterocycles. The Kier molecular flexibility index (Phi) is 3.52. The van der Waals surface area contributed by atoms with Crippen LogP contribution in [0.5, 0.6) is 0 Å². The first kappa shape index (κ1) is 13.8. The van der Waals surface area contributed by atoms with E-state index in [1.807, 2.05) is 53.4 Å². The molecule has 21 heavy (non-hydrogen) atoms. The summed E-state index contributed by atoms with van der Waals surface area (Å²) >= 11 is 0. The van der Waals surface area contributed by atoms with Gasteiger partial charge in [-0.25, -0.2) is 4.79 Å². The van der Waals surface area contributed by atoms with E-state index in [2.05, 4.69) is 12.1 Å². The monoisotopic (exact) mass is 281 g/mol. The number of rotatable bonds is 4. The van der Waals surface area contributed by atoms with E-state index < -0.39 is 11.5 Å². The Morgan fingerprint density at radius 1 is 1.05 bits per heavy atom. The second kappa shape index (κ2) is 5.34. The molecule has 1 N–H and O–H groups in total. The highest BCUT2D eigenvalue weighted by Gasteiger charge is 2.47. The van der Waals surface area contributed by atoms with Gasteiger partial charge in [-0.1, -0.05) is 60.7 Å². The number of carboxylic acid groups (broad SMARTS) is 1. The van der Waals surface area contributed by atoms with Gasteiger partial charge in [0.15, 0.2) is 0 Å². The average molecular weight is 281 g/mol. The predicted octanol–water partition coefficient (Wildman–Crippen LogP) is 3.09. The lowest BCUT2D eigenvalue weighted by Crippen LogP contribution is -2.59. The van der Waals surface area contributed by atoms with Gasteiger partial charge in [0.05, 0.1) is 0 Å². The molecular weight excluding hydrogens is 262 g/mol. The topological polar surface area (TPSA) is 40.5 Å². The molecule has 3 rings (SSSR count). The number of nitrogens with zero attached hydrogens (tertiary/aromatic N) is 1. The molecule has 1 fully saturated rings. The van der Waals surface area contributed by atoms with E-state index >= 15 is 0 Å². The van der Waals surface area contributed by atoms with Crippen molar-refractivity contribution in [2.75, 3.05) is 13.1 Å². The Hall–Kier alpha value is -2.13. The number of aliphatic carboxylic acids is 1. The lowest BCUT2D eigenvalue weighted by Gasteiger charge is -2.48. The van der Waals surface area contributed by atoms with Crippen molar-refractivity contribution in [1.82, 2.24) is 4.90 Å². The van der Waals surface area contributed by atoms with E-state index in [1.54, 1.807) is 6.92 Å². The van der Waals surface area contributed by atoms with E-state index in [1.165, 1.54) is 5.56 Å². The second-order valence-electron chi connectivity index (χ2n) is 5.76. The Morgan fingerprint density at radius 2 is 1.57 bits per heavy atom. The summed E-state index contributed by atoms with van der Waals surface area (Å²) < 4.78 is 0. The molecule has 108 valence electrons. The van der Waals surface area contributed by atoms with E-state index in [-0.39, 0.29) is 0 Å². The van der Waals surface area contributed by atoms with Crippen LogP contribution in [0.4, 0.5) is 0 Å². The molecule has 0 bridgehead atoms. The zero-order chi connectivity index (χ0) is 14.9. The molecule has 0 radical (unpaired) electrons. The molecule has 0 aromatic heterocycles. The molecule has 1 aliphatic heterocycles. The molecule has 0 aliphatic carbocycles. The van der Waals surface area contributed by atoms with Crippen LogP contribution in [-0.4, -0.2) is 29.1 Å². The molecule has 3 nitrogen and oxygen atoms in total. The zero-order valence-electron chi connectivity index (χ0n) is 12.1. The molecule has 3 heteroatoms. The van der Waals surface area contributed by atoms with Crippen LogP contribution >= 0.6 is 0 Å². The minimum Gasteiger partial charge on any atom is -0.480 e. The van der Waals surface area contributed by atoms with E-state index in [4.69, 9.17) is 0 Å². The van der Waals surface area contributed by atoms with Crippen molar-refractivity contribution in [3.05, 3.63) is 71.8 Å². The molecule has 1 atom stereocenters. The maximum Gasteiger partial charge on any atom is 0.328 e. The van der Waals surface area contributed by atoms with Crippen LogP contribution in [0.15, 0.2) is 60.7 Å². The highest BCUT2D eigenvalue weighted by Crippen LogP contribution is 2.38. The van der Waals surface area contributed by atoms with Gasteiger partial charge in [0, 0.05) is 19.0 Å². The van der Waals surface area contributed by atoms with Gasteiger partial charge in [0.2, 0.25) is 0 Å². The largest absolute Gasteiger partial charge is 0.480 e. The Morgan fingerprint density at radius 3 is 2.10 bits per heavy atom. The van der Waals surface area contributed by atoms with E-state index in [0.717, 1.165) is 18.7 Å². The summed E-state index contributed by atoms with van der Waals surface area (Å²) in [5, 5.41) is 9.74. The summed E-state index contributed by atoms with van der Waals surface area (Å²) in [7, 11) is 0. The van der Waals surface area contributed by atoms with Gasteiger partial charge in [0.25, 0.3) is 0 Å².